The van der Waals surface area contributed by atoms with Crippen LogP contribution in [0, 0.1) is 0 Å². The van der Waals surface area contributed by atoms with E-state index in [1.165, 1.54) is 11.3 Å². The molecular weight excluding hydrogens is 262 g/mol. The third-order valence-electron chi connectivity index (χ3n) is 2.59. The number of amides is 1. The first-order chi connectivity index (χ1) is 7.94. The lowest BCUT2D eigenvalue weighted by Gasteiger charge is -2.27. The van der Waals surface area contributed by atoms with Gasteiger partial charge in [-0.05, 0) is 24.8 Å². The lowest BCUT2D eigenvalue weighted by Crippen LogP contribution is -2.54. The Morgan fingerprint density at radius 1 is 1.76 bits per heavy atom. The SMILES string of the molecule is CCC(C)(NC(=O)c1sccc1Cl)/C(N)=N/O. The first-order valence-electron chi connectivity index (χ1n) is 4.98. The second-order valence-corrected chi connectivity index (χ2v) is 5.05. The average Bonchev–Trinajstić information content (AvgIpc) is 2.74. The molecule has 0 fully saturated rings. The fourth-order valence-corrected chi connectivity index (χ4v) is 2.24. The zero-order valence-corrected chi connectivity index (χ0v) is 11.1. The summed E-state index contributed by atoms with van der Waals surface area (Å²) >= 11 is 7.10. The molecule has 1 aromatic heterocycles. The van der Waals surface area contributed by atoms with Crippen molar-refractivity contribution in [1.29, 1.82) is 0 Å². The van der Waals surface area contributed by atoms with Gasteiger partial charge >= 0.3 is 0 Å². The van der Waals surface area contributed by atoms with Crippen LogP contribution in [0.4, 0.5) is 0 Å². The first kappa shape index (κ1) is 13.8. The van der Waals surface area contributed by atoms with Gasteiger partial charge in [-0.2, -0.15) is 0 Å². The molecule has 0 aliphatic carbocycles. The van der Waals surface area contributed by atoms with Gasteiger partial charge in [0, 0.05) is 0 Å². The van der Waals surface area contributed by atoms with E-state index < -0.39 is 5.54 Å². The molecule has 0 aliphatic heterocycles. The third kappa shape index (κ3) is 2.89. The standard InChI is InChI=1S/C10H14ClN3O2S/c1-3-10(2,9(12)14-16)13-8(15)7-6(11)4-5-17-7/h4-5,16H,3H2,1-2H3,(H2,12,14)(H,13,15). The molecule has 0 saturated heterocycles. The molecule has 1 aromatic rings. The number of carbonyl (C=O) groups excluding carboxylic acids is 1. The third-order valence-corrected chi connectivity index (χ3v) is 3.93. The van der Waals surface area contributed by atoms with E-state index in [0.29, 0.717) is 16.3 Å². The fourth-order valence-electron chi connectivity index (χ4n) is 1.21. The van der Waals surface area contributed by atoms with E-state index in [9.17, 15) is 4.79 Å². The molecule has 0 radical (unpaired) electrons. The molecule has 0 aromatic carbocycles. The Bertz CT molecular complexity index is 447. The summed E-state index contributed by atoms with van der Waals surface area (Å²) < 4.78 is 0. The molecule has 0 bridgehead atoms. The molecule has 1 atom stereocenters. The van der Waals surface area contributed by atoms with Crippen LogP contribution in [-0.4, -0.2) is 22.5 Å². The van der Waals surface area contributed by atoms with Crippen molar-refractivity contribution in [3.63, 3.8) is 0 Å². The number of nitrogens with zero attached hydrogens (tertiary/aromatic N) is 1. The first-order valence-corrected chi connectivity index (χ1v) is 6.24. The molecule has 94 valence electrons. The quantitative estimate of drug-likeness (QED) is 0.340. The van der Waals surface area contributed by atoms with Crippen LogP contribution in [-0.2, 0) is 0 Å². The molecule has 1 unspecified atom stereocenters. The van der Waals surface area contributed by atoms with Crippen molar-refractivity contribution in [2.24, 2.45) is 10.9 Å². The number of halogens is 1. The number of carbonyl (C=O) groups is 1. The van der Waals surface area contributed by atoms with E-state index >= 15 is 0 Å². The molecule has 4 N–H and O–H groups in total. The summed E-state index contributed by atoms with van der Waals surface area (Å²) in [5, 5.41) is 16.5. The Balaban J connectivity index is 2.91. The normalized spacial score (nSPS) is 15.4. The topological polar surface area (TPSA) is 87.7 Å². The van der Waals surface area contributed by atoms with Gasteiger partial charge in [0.05, 0.1) is 10.6 Å². The number of nitrogens with one attached hydrogen (secondary N) is 1. The molecular formula is C10H14ClN3O2S. The number of rotatable bonds is 4. The maximum Gasteiger partial charge on any atom is 0.263 e. The summed E-state index contributed by atoms with van der Waals surface area (Å²) in [5.74, 6) is -0.373. The van der Waals surface area contributed by atoms with E-state index in [0.717, 1.165) is 0 Å². The maximum absolute atomic E-state index is 11.9. The van der Waals surface area contributed by atoms with Crippen molar-refractivity contribution in [2.45, 2.75) is 25.8 Å². The Morgan fingerprint density at radius 3 is 2.82 bits per heavy atom. The lowest BCUT2D eigenvalue weighted by molar-refractivity contribution is 0.0929. The molecule has 17 heavy (non-hydrogen) atoms. The number of hydrogen-bond donors (Lipinski definition) is 3. The van der Waals surface area contributed by atoms with Crippen LogP contribution in [0.3, 0.4) is 0 Å². The van der Waals surface area contributed by atoms with Crippen LogP contribution in [0.1, 0.15) is 29.9 Å². The highest BCUT2D eigenvalue weighted by atomic mass is 35.5. The van der Waals surface area contributed by atoms with Crippen LogP contribution < -0.4 is 11.1 Å². The van der Waals surface area contributed by atoms with Gasteiger partial charge < -0.3 is 16.3 Å². The monoisotopic (exact) mass is 275 g/mol. The van der Waals surface area contributed by atoms with Crippen molar-refractivity contribution in [2.75, 3.05) is 0 Å². The number of nitrogens with two attached hydrogens (primary N) is 1. The van der Waals surface area contributed by atoms with Crippen LogP contribution in [0.2, 0.25) is 5.02 Å². The fraction of sp³-hybridized carbons (Fsp3) is 0.400. The van der Waals surface area contributed by atoms with Crippen molar-refractivity contribution < 1.29 is 10.0 Å². The molecule has 1 rings (SSSR count). The minimum atomic E-state index is -0.890. The van der Waals surface area contributed by atoms with Gasteiger partial charge in [-0.15, -0.1) is 11.3 Å². The molecule has 0 saturated carbocycles. The summed E-state index contributed by atoms with van der Waals surface area (Å²) in [4.78, 5) is 12.4. The van der Waals surface area contributed by atoms with Crippen molar-refractivity contribution in [1.82, 2.24) is 5.32 Å². The van der Waals surface area contributed by atoms with Gasteiger partial charge in [-0.1, -0.05) is 23.7 Å². The average molecular weight is 276 g/mol. The van der Waals surface area contributed by atoms with Crippen molar-refractivity contribution >= 4 is 34.7 Å². The highest BCUT2D eigenvalue weighted by Gasteiger charge is 2.30. The summed E-state index contributed by atoms with van der Waals surface area (Å²) in [5.41, 5.74) is 4.67. The molecule has 7 heteroatoms. The molecule has 5 nitrogen and oxygen atoms in total. The summed E-state index contributed by atoms with van der Waals surface area (Å²) in [6.45, 7) is 3.51. The zero-order valence-electron chi connectivity index (χ0n) is 9.53. The minimum Gasteiger partial charge on any atom is -0.409 e. The molecule has 0 aliphatic rings. The van der Waals surface area contributed by atoms with Gasteiger partial charge in [-0.25, -0.2) is 0 Å². The number of hydrogen-bond acceptors (Lipinski definition) is 4. The van der Waals surface area contributed by atoms with E-state index in [1.807, 2.05) is 6.92 Å². The molecule has 1 amide bonds. The van der Waals surface area contributed by atoms with Crippen LogP contribution >= 0.6 is 22.9 Å². The van der Waals surface area contributed by atoms with E-state index in [2.05, 4.69) is 10.5 Å². The molecule has 0 spiro atoms. The van der Waals surface area contributed by atoms with E-state index in [1.54, 1.807) is 18.4 Å². The highest BCUT2D eigenvalue weighted by Crippen LogP contribution is 2.23. The van der Waals surface area contributed by atoms with Gasteiger partial charge in [0.2, 0.25) is 0 Å². The zero-order chi connectivity index (χ0) is 13.1. The largest absolute Gasteiger partial charge is 0.409 e. The van der Waals surface area contributed by atoms with Crippen LogP contribution in [0.5, 0.6) is 0 Å². The smallest absolute Gasteiger partial charge is 0.263 e. The summed E-state index contributed by atoms with van der Waals surface area (Å²) in [7, 11) is 0. The van der Waals surface area contributed by atoms with Crippen LogP contribution in [0.25, 0.3) is 0 Å². The van der Waals surface area contributed by atoms with Crippen molar-refractivity contribution in [3.05, 3.63) is 21.3 Å². The predicted octanol–water partition coefficient (Wildman–Crippen LogP) is 2.05. The number of thiophene rings is 1. The van der Waals surface area contributed by atoms with Gasteiger partial charge in [0.15, 0.2) is 5.84 Å². The second-order valence-electron chi connectivity index (χ2n) is 3.72. The second kappa shape index (κ2) is 5.37. The van der Waals surface area contributed by atoms with Gasteiger partial charge in [0.1, 0.15) is 4.88 Å². The lowest BCUT2D eigenvalue weighted by atomic mass is 9.97. The van der Waals surface area contributed by atoms with Gasteiger partial charge in [-0.3, -0.25) is 4.79 Å². The Labute approximate surface area is 108 Å². The Hall–Kier alpha value is -1.27. The maximum atomic E-state index is 11.9. The van der Waals surface area contributed by atoms with Crippen LogP contribution in [0.15, 0.2) is 16.6 Å². The Kier molecular flexibility index (Phi) is 4.36. The van der Waals surface area contributed by atoms with Crippen molar-refractivity contribution in [3.8, 4) is 0 Å². The molecule has 1 heterocycles. The summed E-state index contributed by atoms with van der Waals surface area (Å²) in [6, 6.07) is 1.65. The van der Waals surface area contributed by atoms with E-state index in [4.69, 9.17) is 22.5 Å². The number of amidine groups is 1. The van der Waals surface area contributed by atoms with E-state index in [-0.39, 0.29) is 11.7 Å². The Morgan fingerprint density at radius 2 is 2.41 bits per heavy atom. The predicted molar refractivity (Wildman–Crippen MR) is 68.9 cm³/mol. The summed E-state index contributed by atoms with van der Waals surface area (Å²) in [6.07, 6.45) is 0.498. The highest BCUT2D eigenvalue weighted by molar-refractivity contribution is 7.12. The number of oxime groups is 1. The minimum absolute atomic E-state index is 0.0407. The van der Waals surface area contributed by atoms with Gasteiger partial charge in [0.25, 0.3) is 5.91 Å².